The Bertz CT molecular complexity index is 1180. The fourth-order valence-electron chi connectivity index (χ4n) is 4.39. The van der Waals surface area contributed by atoms with E-state index in [0.717, 1.165) is 22.4 Å². The molecule has 1 aliphatic rings. The SMILES string of the molecule is CN1C(=O)CCC(n2c(=O)n(C)c3c(CCCOCCOCCNC(=O)OC(C)(C)C)cccc32)C1=O. The molecule has 0 aliphatic carbocycles. The maximum atomic E-state index is 13.1. The lowest BCUT2D eigenvalue weighted by Gasteiger charge is -2.28. The van der Waals surface area contributed by atoms with Gasteiger partial charge in [-0.25, -0.2) is 9.59 Å². The maximum Gasteiger partial charge on any atom is 0.407 e. The highest BCUT2D eigenvalue weighted by atomic mass is 16.6. The van der Waals surface area contributed by atoms with Crippen LogP contribution in [0.3, 0.4) is 0 Å². The molecule has 0 spiro atoms. The number of likely N-dealkylation sites (N-methyl/N-ethyl adjacent to an activating group) is 1. The van der Waals surface area contributed by atoms with Gasteiger partial charge in [0.2, 0.25) is 5.91 Å². The van der Waals surface area contributed by atoms with E-state index in [0.29, 0.717) is 51.3 Å². The molecule has 3 rings (SSSR count). The van der Waals surface area contributed by atoms with Gasteiger partial charge in [0.15, 0.2) is 0 Å². The molecule has 204 valence electrons. The Kier molecular flexibility index (Phi) is 9.50. The van der Waals surface area contributed by atoms with Crippen molar-refractivity contribution >= 4 is 28.9 Å². The molecular formula is C26H38N4O7. The summed E-state index contributed by atoms with van der Waals surface area (Å²) in [7, 11) is 3.17. The zero-order valence-corrected chi connectivity index (χ0v) is 22.4. The van der Waals surface area contributed by atoms with E-state index in [9.17, 15) is 19.2 Å². The number of piperidine rings is 1. The number of ether oxygens (including phenoxy) is 3. The van der Waals surface area contributed by atoms with E-state index in [1.807, 2.05) is 18.2 Å². The van der Waals surface area contributed by atoms with Crippen LogP contribution < -0.4 is 11.0 Å². The Morgan fingerprint density at radius 1 is 1.05 bits per heavy atom. The molecule has 3 amide bonds. The molecule has 11 heteroatoms. The van der Waals surface area contributed by atoms with Crippen LogP contribution in [-0.2, 0) is 37.3 Å². The Balaban J connectivity index is 1.46. The van der Waals surface area contributed by atoms with Crippen LogP contribution in [0.5, 0.6) is 0 Å². The fraction of sp³-hybridized carbons (Fsp3) is 0.615. The zero-order chi connectivity index (χ0) is 27.2. The van der Waals surface area contributed by atoms with Crippen LogP contribution in [0.15, 0.2) is 23.0 Å². The Hall–Kier alpha value is -3.18. The third kappa shape index (κ3) is 7.20. The number of benzene rings is 1. The number of aryl methyl sites for hydroxylation is 2. The monoisotopic (exact) mass is 518 g/mol. The summed E-state index contributed by atoms with van der Waals surface area (Å²) in [6.45, 7) is 7.51. The number of fused-ring (bicyclic) bond motifs is 1. The number of likely N-dealkylation sites (tertiary alicyclic amines) is 1. The van der Waals surface area contributed by atoms with Gasteiger partial charge in [0, 0.05) is 33.7 Å². The minimum atomic E-state index is -0.684. The summed E-state index contributed by atoms with van der Waals surface area (Å²) in [6, 6.07) is 5.02. The smallest absolute Gasteiger partial charge is 0.407 e. The quantitative estimate of drug-likeness (QED) is 0.357. The van der Waals surface area contributed by atoms with Crippen molar-refractivity contribution in [3.8, 4) is 0 Å². The van der Waals surface area contributed by atoms with Crippen molar-refractivity contribution in [2.45, 2.75) is 58.1 Å². The van der Waals surface area contributed by atoms with Crippen LogP contribution in [0.25, 0.3) is 11.0 Å². The number of imidazole rings is 1. The molecule has 2 aromatic rings. The van der Waals surface area contributed by atoms with Gasteiger partial charge < -0.3 is 19.5 Å². The molecule has 1 fully saturated rings. The molecule has 2 heterocycles. The normalized spacial score (nSPS) is 16.5. The first kappa shape index (κ1) is 28.4. The lowest BCUT2D eigenvalue weighted by molar-refractivity contribution is -0.149. The lowest BCUT2D eigenvalue weighted by atomic mass is 10.0. The van der Waals surface area contributed by atoms with E-state index in [2.05, 4.69) is 5.32 Å². The first-order chi connectivity index (χ1) is 17.5. The minimum absolute atomic E-state index is 0.224. The predicted octanol–water partition coefficient (Wildman–Crippen LogP) is 2.15. The van der Waals surface area contributed by atoms with Gasteiger partial charge in [0.1, 0.15) is 11.6 Å². The Labute approximate surface area is 216 Å². The number of aromatic nitrogens is 2. The third-order valence-corrected chi connectivity index (χ3v) is 6.14. The molecule has 1 unspecified atom stereocenters. The number of alkyl carbamates (subject to hydrolysis) is 1. The second-order valence-corrected chi connectivity index (χ2v) is 10.1. The highest BCUT2D eigenvalue weighted by Gasteiger charge is 2.35. The van der Waals surface area contributed by atoms with Gasteiger partial charge >= 0.3 is 11.8 Å². The molecule has 11 nitrogen and oxygen atoms in total. The van der Waals surface area contributed by atoms with Crippen LogP contribution in [-0.4, -0.2) is 77.6 Å². The van der Waals surface area contributed by atoms with Crippen molar-refractivity contribution < 1.29 is 28.6 Å². The topological polar surface area (TPSA) is 121 Å². The van der Waals surface area contributed by atoms with Crippen molar-refractivity contribution in [3.63, 3.8) is 0 Å². The third-order valence-electron chi connectivity index (χ3n) is 6.14. The van der Waals surface area contributed by atoms with E-state index < -0.39 is 17.7 Å². The van der Waals surface area contributed by atoms with Crippen LogP contribution in [0.4, 0.5) is 4.79 Å². The summed E-state index contributed by atoms with van der Waals surface area (Å²) in [5.41, 5.74) is 1.69. The number of nitrogens with one attached hydrogen (secondary N) is 1. The molecule has 1 saturated heterocycles. The molecule has 0 saturated carbocycles. The van der Waals surface area contributed by atoms with Gasteiger partial charge in [-0.05, 0) is 51.7 Å². The molecule has 0 bridgehead atoms. The number of carbonyl (C=O) groups is 3. The summed E-state index contributed by atoms with van der Waals surface area (Å²) in [6.07, 6.45) is 1.53. The van der Waals surface area contributed by atoms with Crippen LogP contribution in [0, 0.1) is 0 Å². The van der Waals surface area contributed by atoms with E-state index in [4.69, 9.17) is 14.2 Å². The molecule has 1 N–H and O–H groups in total. The van der Waals surface area contributed by atoms with Gasteiger partial charge in [-0.2, -0.15) is 0 Å². The van der Waals surface area contributed by atoms with E-state index >= 15 is 0 Å². The first-order valence-corrected chi connectivity index (χ1v) is 12.6. The summed E-state index contributed by atoms with van der Waals surface area (Å²) in [4.78, 5) is 50.4. The number of hydrogen-bond acceptors (Lipinski definition) is 7. The molecule has 1 aliphatic heterocycles. The van der Waals surface area contributed by atoms with E-state index in [1.165, 1.54) is 11.6 Å². The van der Waals surface area contributed by atoms with Crippen molar-refractivity contribution in [2.24, 2.45) is 7.05 Å². The predicted molar refractivity (Wildman–Crippen MR) is 137 cm³/mol. The molecule has 1 aromatic carbocycles. The van der Waals surface area contributed by atoms with Gasteiger partial charge in [-0.1, -0.05) is 12.1 Å². The molecule has 1 atom stereocenters. The second kappa shape index (κ2) is 12.4. The Morgan fingerprint density at radius 3 is 2.46 bits per heavy atom. The highest BCUT2D eigenvalue weighted by molar-refractivity contribution is 6.00. The summed E-state index contributed by atoms with van der Waals surface area (Å²) >= 11 is 0. The molecule has 0 radical (unpaired) electrons. The number of hydrogen-bond donors (Lipinski definition) is 1. The van der Waals surface area contributed by atoms with Crippen LogP contribution >= 0.6 is 0 Å². The van der Waals surface area contributed by atoms with Crippen LogP contribution in [0.1, 0.15) is 51.6 Å². The van der Waals surface area contributed by atoms with Crippen molar-refractivity contribution in [1.82, 2.24) is 19.4 Å². The fourth-order valence-corrected chi connectivity index (χ4v) is 4.39. The summed E-state index contributed by atoms with van der Waals surface area (Å²) in [5.74, 6) is -0.578. The second-order valence-electron chi connectivity index (χ2n) is 10.1. The number of imide groups is 1. The average molecular weight is 519 g/mol. The van der Waals surface area contributed by atoms with Crippen molar-refractivity contribution in [1.29, 1.82) is 0 Å². The first-order valence-electron chi connectivity index (χ1n) is 12.6. The van der Waals surface area contributed by atoms with Crippen LogP contribution in [0.2, 0.25) is 0 Å². The maximum absolute atomic E-state index is 13.1. The minimum Gasteiger partial charge on any atom is -0.444 e. The molecular weight excluding hydrogens is 480 g/mol. The number of carbonyl (C=O) groups excluding carboxylic acids is 3. The number of rotatable bonds is 11. The van der Waals surface area contributed by atoms with E-state index in [1.54, 1.807) is 32.4 Å². The standard InChI is InChI=1S/C26H38N4O7/c1-26(2,3)37-24(33)27-13-15-36-17-16-35-14-7-9-18-8-6-10-19-22(18)29(5)25(34)30(19)20-11-12-21(31)28(4)23(20)32/h6,8,10,20H,7,9,11-17H2,1-5H3,(H,27,33). The summed E-state index contributed by atoms with van der Waals surface area (Å²) in [5, 5.41) is 2.63. The molecule has 1 aromatic heterocycles. The largest absolute Gasteiger partial charge is 0.444 e. The lowest BCUT2D eigenvalue weighted by Crippen LogP contribution is -2.45. The summed E-state index contributed by atoms with van der Waals surface area (Å²) < 4.78 is 19.4. The molecule has 37 heavy (non-hydrogen) atoms. The Morgan fingerprint density at radius 2 is 1.76 bits per heavy atom. The van der Waals surface area contributed by atoms with Crippen molar-refractivity contribution in [2.75, 3.05) is 40.0 Å². The average Bonchev–Trinajstić information content (AvgIpc) is 3.08. The van der Waals surface area contributed by atoms with Gasteiger partial charge in [-0.15, -0.1) is 0 Å². The van der Waals surface area contributed by atoms with Crippen molar-refractivity contribution in [3.05, 3.63) is 34.2 Å². The van der Waals surface area contributed by atoms with Gasteiger partial charge in [0.05, 0.1) is 30.9 Å². The van der Waals surface area contributed by atoms with Gasteiger partial charge in [0.25, 0.3) is 5.91 Å². The number of amides is 3. The van der Waals surface area contributed by atoms with Gasteiger partial charge in [-0.3, -0.25) is 23.6 Å². The zero-order valence-electron chi connectivity index (χ0n) is 22.4. The number of nitrogens with zero attached hydrogens (tertiary/aromatic N) is 3. The van der Waals surface area contributed by atoms with E-state index in [-0.39, 0.29) is 23.9 Å². The highest BCUT2D eigenvalue weighted by Crippen LogP contribution is 2.27. The number of para-hydroxylation sites is 1.